The molecule has 8 rings (SSSR count). The maximum atomic E-state index is 2.43. The summed E-state index contributed by atoms with van der Waals surface area (Å²) in [5, 5.41) is 12.0. The van der Waals surface area contributed by atoms with E-state index in [9.17, 15) is 0 Å². The summed E-state index contributed by atoms with van der Waals surface area (Å²) in [4.78, 5) is 0. The molecule has 0 saturated carbocycles. The van der Waals surface area contributed by atoms with E-state index in [-0.39, 0.29) is 0 Å². The molecule has 0 fully saturated rings. The lowest BCUT2D eigenvalue weighted by Crippen LogP contribution is -2.38. The lowest BCUT2D eigenvalue weighted by atomic mass is 9.84. The lowest BCUT2D eigenvalue weighted by Gasteiger charge is -2.21. The Bertz CT molecular complexity index is 2290. The quantitative estimate of drug-likeness (QED) is 0.144. The molecule has 0 radical (unpaired) electrons. The minimum atomic E-state index is -1.47. The Balaban J connectivity index is 1.35. The van der Waals surface area contributed by atoms with Crippen molar-refractivity contribution in [2.24, 2.45) is 0 Å². The van der Waals surface area contributed by atoms with Crippen LogP contribution in [0.25, 0.3) is 76.5 Å². The summed E-state index contributed by atoms with van der Waals surface area (Å²) in [6, 6.07) is 56.2. The van der Waals surface area contributed by atoms with Gasteiger partial charge < -0.3 is 0 Å². The van der Waals surface area contributed by atoms with Gasteiger partial charge in [-0.25, -0.2) is 0 Å². The fourth-order valence-corrected chi connectivity index (χ4v) is 8.80. The second-order valence-electron chi connectivity index (χ2n) is 12.9. The first-order chi connectivity index (χ1) is 21.5. The SMILES string of the molecule is C[Si](C)(C)c1ccc(-c2ccc(-c3c4ccccc4c(-c4cccc5ccccc45)c4ccccc34)cc2)c2ccccc12. The molecule has 0 aromatic heterocycles. The van der Waals surface area contributed by atoms with Crippen molar-refractivity contribution in [3.8, 4) is 33.4 Å². The molecular weight excluding hydrogens is 545 g/mol. The zero-order valence-electron chi connectivity index (χ0n) is 25.4. The van der Waals surface area contributed by atoms with Gasteiger partial charge in [0.15, 0.2) is 0 Å². The van der Waals surface area contributed by atoms with Gasteiger partial charge in [-0.1, -0.05) is 176 Å². The Labute approximate surface area is 260 Å². The zero-order valence-corrected chi connectivity index (χ0v) is 26.4. The molecule has 0 aliphatic rings. The molecule has 0 atom stereocenters. The zero-order chi connectivity index (χ0) is 29.8. The van der Waals surface area contributed by atoms with Crippen LogP contribution in [0.2, 0.25) is 19.6 Å². The molecule has 0 N–H and O–H groups in total. The van der Waals surface area contributed by atoms with E-state index in [2.05, 4.69) is 171 Å². The van der Waals surface area contributed by atoms with E-state index in [1.54, 1.807) is 0 Å². The number of benzene rings is 8. The van der Waals surface area contributed by atoms with Crippen LogP contribution >= 0.6 is 0 Å². The molecule has 0 heterocycles. The smallest absolute Gasteiger partial charge is 0.0656 e. The Kier molecular flexibility index (Phi) is 6.25. The molecule has 0 amide bonds. The fraction of sp³-hybridized carbons (Fsp3) is 0.0698. The van der Waals surface area contributed by atoms with Gasteiger partial charge in [-0.15, -0.1) is 0 Å². The van der Waals surface area contributed by atoms with Gasteiger partial charge in [-0.05, 0) is 76.5 Å². The maximum absolute atomic E-state index is 2.43. The number of hydrogen-bond donors (Lipinski definition) is 0. The monoisotopic (exact) mass is 578 g/mol. The average molecular weight is 579 g/mol. The van der Waals surface area contributed by atoms with Crippen molar-refractivity contribution in [3.05, 3.63) is 152 Å². The first-order valence-corrected chi connectivity index (χ1v) is 19.0. The van der Waals surface area contributed by atoms with Crippen LogP contribution in [0, 0.1) is 0 Å². The summed E-state index contributed by atoms with van der Waals surface area (Å²) < 4.78 is 0. The second kappa shape index (κ2) is 10.3. The standard InChI is InChI=1S/C43H34Si/c1-44(2,3)41-28-27-33(34-16-6-7-17-35(34)41)30-23-25-31(26-24-30)42-37-18-8-10-20-39(37)43(40-21-11-9-19-38(40)42)36-22-12-14-29-13-4-5-15-32(29)36/h4-28H,1-3H3. The Morgan fingerprint density at radius 2 is 0.795 bits per heavy atom. The van der Waals surface area contributed by atoms with Crippen LogP contribution in [-0.4, -0.2) is 8.07 Å². The summed E-state index contributed by atoms with van der Waals surface area (Å²) in [6.45, 7) is 7.30. The van der Waals surface area contributed by atoms with E-state index < -0.39 is 8.07 Å². The van der Waals surface area contributed by atoms with Crippen molar-refractivity contribution in [1.29, 1.82) is 0 Å². The molecule has 1 heteroatoms. The van der Waals surface area contributed by atoms with E-state index >= 15 is 0 Å². The van der Waals surface area contributed by atoms with Crippen LogP contribution in [0.5, 0.6) is 0 Å². The van der Waals surface area contributed by atoms with Crippen LogP contribution in [0.15, 0.2) is 152 Å². The predicted molar refractivity (Wildman–Crippen MR) is 196 cm³/mol. The highest BCUT2D eigenvalue weighted by atomic mass is 28.3. The van der Waals surface area contributed by atoms with Crippen LogP contribution in [-0.2, 0) is 0 Å². The lowest BCUT2D eigenvalue weighted by molar-refractivity contribution is 1.63. The fourth-order valence-electron chi connectivity index (χ4n) is 7.19. The summed E-state index contributed by atoms with van der Waals surface area (Å²) >= 11 is 0. The van der Waals surface area contributed by atoms with E-state index in [1.165, 1.54) is 81.7 Å². The highest BCUT2D eigenvalue weighted by Crippen LogP contribution is 2.45. The normalized spacial score (nSPS) is 12.0. The average Bonchev–Trinajstić information content (AvgIpc) is 3.06. The molecule has 8 aromatic rings. The molecule has 0 nitrogen and oxygen atoms in total. The minimum absolute atomic E-state index is 1.24. The molecule has 0 aliphatic carbocycles. The van der Waals surface area contributed by atoms with Crippen molar-refractivity contribution in [3.63, 3.8) is 0 Å². The molecule has 0 saturated heterocycles. The maximum Gasteiger partial charge on any atom is 0.0784 e. The molecular formula is C43H34Si. The first kappa shape index (κ1) is 26.6. The second-order valence-corrected chi connectivity index (χ2v) is 17.9. The van der Waals surface area contributed by atoms with E-state index in [4.69, 9.17) is 0 Å². The van der Waals surface area contributed by atoms with Crippen molar-refractivity contribution < 1.29 is 0 Å². The van der Waals surface area contributed by atoms with Gasteiger partial charge in [0.25, 0.3) is 0 Å². The highest BCUT2D eigenvalue weighted by Gasteiger charge is 2.21. The van der Waals surface area contributed by atoms with Crippen molar-refractivity contribution >= 4 is 56.4 Å². The van der Waals surface area contributed by atoms with E-state index in [0.717, 1.165) is 0 Å². The van der Waals surface area contributed by atoms with Gasteiger partial charge in [0.1, 0.15) is 0 Å². The minimum Gasteiger partial charge on any atom is -0.0656 e. The summed E-state index contributed by atoms with van der Waals surface area (Å²) in [5.41, 5.74) is 7.69. The Morgan fingerprint density at radius 1 is 0.318 bits per heavy atom. The van der Waals surface area contributed by atoms with Gasteiger partial charge >= 0.3 is 0 Å². The van der Waals surface area contributed by atoms with Crippen LogP contribution in [0.4, 0.5) is 0 Å². The predicted octanol–water partition coefficient (Wildman–Crippen LogP) is 11.8. The summed E-state index contributed by atoms with van der Waals surface area (Å²) in [7, 11) is -1.47. The molecule has 44 heavy (non-hydrogen) atoms. The third-order valence-corrected chi connectivity index (χ3v) is 11.3. The molecule has 0 aliphatic heterocycles. The van der Waals surface area contributed by atoms with Crippen molar-refractivity contribution in [1.82, 2.24) is 0 Å². The number of fused-ring (bicyclic) bond motifs is 4. The molecule has 210 valence electrons. The van der Waals surface area contributed by atoms with Gasteiger partial charge in [-0.2, -0.15) is 0 Å². The van der Waals surface area contributed by atoms with Crippen LogP contribution < -0.4 is 5.19 Å². The summed E-state index contributed by atoms with van der Waals surface area (Å²) in [5.74, 6) is 0. The van der Waals surface area contributed by atoms with Gasteiger partial charge in [0.2, 0.25) is 0 Å². The molecule has 8 aromatic carbocycles. The topological polar surface area (TPSA) is 0 Å². The Morgan fingerprint density at radius 3 is 1.41 bits per heavy atom. The number of rotatable bonds is 4. The summed E-state index contributed by atoms with van der Waals surface area (Å²) in [6.07, 6.45) is 0. The third kappa shape index (κ3) is 4.27. The molecule has 0 spiro atoms. The van der Waals surface area contributed by atoms with Crippen LogP contribution in [0.1, 0.15) is 0 Å². The van der Waals surface area contributed by atoms with Gasteiger partial charge in [0, 0.05) is 0 Å². The first-order valence-electron chi connectivity index (χ1n) is 15.5. The van der Waals surface area contributed by atoms with Gasteiger partial charge in [-0.3, -0.25) is 0 Å². The van der Waals surface area contributed by atoms with Crippen LogP contribution in [0.3, 0.4) is 0 Å². The van der Waals surface area contributed by atoms with Crippen molar-refractivity contribution in [2.75, 3.05) is 0 Å². The van der Waals surface area contributed by atoms with Crippen molar-refractivity contribution in [2.45, 2.75) is 19.6 Å². The Hall–Kier alpha value is -4.98. The molecule has 0 unspecified atom stereocenters. The number of hydrogen-bond acceptors (Lipinski definition) is 0. The largest absolute Gasteiger partial charge is 0.0784 e. The van der Waals surface area contributed by atoms with Gasteiger partial charge in [0.05, 0.1) is 8.07 Å². The highest BCUT2D eigenvalue weighted by molar-refractivity contribution is 6.90. The third-order valence-electron chi connectivity index (χ3n) is 9.21. The van der Waals surface area contributed by atoms with E-state index in [1.807, 2.05) is 0 Å². The molecule has 0 bridgehead atoms. The van der Waals surface area contributed by atoms with E-state index in [0.29, 0.717) is 0 Å².